The van der Waals surface area contributed by atoms with Crippen LogP contribution in [0.3, 0.4) is 0 Å². The van der Waals surface area contributed by atoms with Crippen LogP contribution in [0.25, 0.3) is 21.5 Å². The molecule has 0 spiro atoms. The number of hydrogen-bond donors (Lipinski definition) is 0. The molecular formula is C32H21O3P. The molecule has 1 aliphatic heterocycles. The highest BCUT2D eigenvalue weighted by atomic mass is 31.2. The first-order chi connectivity index (χ1) is 17.7. The lowest BCUT2D eigenvalue weighted by Gasteiger charge is -2.27. The van der Waals surface area contributed by atoms with Crippen molar-refractivity contribution in [2.45, 2.75) is 0 Å². The molecule has 0 bridgehead atoms. The van der Waals surface area contributed by atoms with Crippen molar-refractivity contribution in [2.24, 2.45) is 0 Å². The van der Waals surface area contributed by atoms with Gasteiger partial charge in [0.05, 0.1) is 0 Å². The van der Waals surface area contributed by atoms with Gasteiger partial charge in [0.1, 0.15) is 0 Å². The van der Waals surface area contributed by atoms with Gasteiger partial charge in [0, 0.05) is 21.3 Å². The van der Waals surface area contributed by atoms with E-state index in [0.29, 0.717) is 23.0 Å². The van der Waals surface area contributed by atoms with Crippen LogP contribution in [-0.2, 0) is 4.57 Å². The zero-order chi connectivity index (χ0) is 24.1. The fourth-order valence-electron chi connectivity index (χ4n) is 5.04. The molecule has 0 radical (unpaired) electrons. The molecule has 0 aromatic heterocycles. The Morgan fingerprint density at radius 2 is 0.972 bits per heavy atom. The van der Waals surface area contributed by atoms with E-state index >= 15 is 4.57 Å². The molecule has 0 fully saturated rings. The van der Waals surface area contributed by atoms with E-state index in [1.807, 2.05) is 115 Å². The number of rotatable bonds is 3. The Bertz CT molecular complexity index is 1770. The second-order valence-electron chi connectivity index (χ2n) is 8.90. The van der Waals surface area contributed by atoms with Crippen LogP contribution in [0.4, 0.5) is 0 Å². The zero-order valence-corrected chi connectivity index (χ0v) is 20.2. The Balaban J connectivity index is 1.51. The minimum absolute atomic E-state index is 0.568. The lowest BCUT2D eigenvalue weighted by molar-refractivity contribution is 0.364. The van der Waals surface area contributed by atoms with E-state index < -0.39 is 7.14 Å². The maximum Gasteiger partial charge on any atom is 0.178 e. The summed E-state index contributed by atoms with van der Waals surface area (Å²) in [6, 6.07) is 41.5. The Hall–Kier alpha value is -4.33. The van der Waals surface area contributed by atoms with Gasteiger partial charge in [0.25, 0.3) is 0 Å². The van der Waals surface area contributed by atoms with Crippen LogP contribution in [0.1, 0.15) is 0 Å². The largest absolute Gasteiger partial charge is 0.449 e. The number of fused-ring (bicyclic) bond motifs is 5. The second kappa shape index (κ2) is 8.12. The maximum absolute atomic E-state index is 15.2. The maximum atomic E-state index is 15.2. The summed E-state index contributed by atoms with van der Waals surface area (Å²) >= 11 is 0. The molecule has 7 rings (SSSR count). The van der Waals surface area contributed by atoms with Crippen LogP contribution in [0.15, 0.2) is 127 Å². The van der Waals surface area contributed by atoms with Crippen molar-refractivity contribution in [3.63, 3.8) is 0 Å². The van der Waals surface area contributed by atoms with Crippen LogP contribution < -0.4 is 25.4 Å². The number of ether oxygens (including phenoxy) is 2. The smallest absolute Gasteiger partial charge is 0.178 e. The highest BCUT2D eigenvalue weighted by Crippen LogP contribution is 2.53. The number of hydrogen-bond acceptors (Lipinski definition) is 3. The first-order valence-electron chi connectivity index (χ1n) is 11.9. The van der Waals surface area contributed by atoms with Crippen LogP contribution in [0.5, 0.6) is 23.0 Å². The summed E-state index contributed by atoms with van der Waals surface area (Å²) in [5.74, 6) is 2.54. The third kappa shape index (κ3) is 3.17. The molecule has 36 heavy (non-hydrogen) atoms. The molecule has 0 unspecified atom stereocenters. The summed E-state index contributed by atoms with van der Waals surface area (Å²) in [7, 11) is -3.23. The number of benzene rings is 6. The second-order valence-corrected chi connectivity index (χ2v) is 11.6. The van der Waals surface area contributed by atoms with E-state index in [1.165, 1.54) is 0 Å². The minimum Gasteiger partial charge on any atom is -0.449 e. The van der Waals surface area contributed by atoms with Crippen molar-refractivity contribution in [3.05, 3.63) is 127 Å². The van der Waals surface area contributed by atoms with Crippen LogP contribution >= 0.6 is 7.14 Å². The summed E-state index contributed by atoms with van der Waals surface area (Å²) in [5.41, 5.74) is 0. The molecule has 0 N–H and O–H groups in total. The normalized spacial score (nSPS) is 12.4. The summed E-state index contributed by atoms with van der Waals surface area (Å²) in [4.78, 5) is 0. The van der Waals surface area contributed by atoms with E-state index in [-0.39, 0.29) is 0 Å². The SMILES string of the molecule is O=P(c1ccccc1)(c1ccccc1)c1cc2c(c3ccccc13)Oc1cc3ccccc3cc1O2. The van der Waals surface area contributed by atoms with Crippen molar-refractivity contribution in [1.29, 1.82) is 0 Å². The monoisotopic (exact) mass is 484 g/mol. The first-order valence-corrected chi connectivity index (χ1v) is 13.6. The molecule has 1 heterocycles. The van der Waals surface area contributed by atoms with Gasteiger partial charge in [-0.2, -0.15) is 0 Å². The molecule has 3 nitrogen and oxygen atoms in total. The van der Waals surface area contributed by atoms with Gasteiger partial charge < -0.3 is 14.0 Å². The van der Waals surface area contributed by atoms with Crippen molar-refractivity contribution in [1.82, 2.24) is 0 Å². The summed E-state index contributed by atoms with van der Waals surface area (Å²) in [5, 5.41) is 6.22. The molecule has 0 amide bonds. The van der Waals surface area contributed by atoms with Crippen molar-refractivity contribution < 1.29 is 14.0 Å². The molecule has 0 saturated heterocycles. The molecule has 0 atom stereocenters. The zero-order valence-electron chi connectivity index (χ0n) is 19.3. The van der Waals surface area contributed by atoms with E-state index in [1.54, 1.807) is 0 Å². The van der Waals surface area contributed by atoms with E-state index in [0.717, 1.165) is 37.5 Å². The quantitative estimate of drug-likeness (QED) is 0.243. The summed E-state index contributed by atoms with van der Waals surface area (Å²) < 4.78 is 28.2. The summed E-state index contributed by atoms with van der Waals surface area (Å²) in [6.45, 7) is 0. The average molecular weight is 484 g/mol. The van der Waals surface area contributed by atoms with E-state index in [9.17, 15) is 0 Å². The third-order valence-corrected chi connectivity index (χ3v) is 9.86. The van der Waals surface area contributed by atoms with Gasteiger partial charge >= 0.3 is 0 Å². The van der Waals surface area contributed by atoms with Gasteiger partial charge in [-0.15, -0.1) is 0 Å². The standard InChI is InChI=1S/C32H21O3P/c33-36(24-13-3-1-4-14-24,25-15-5-2-6-16-25)31-21-30-32(27-18-10-9-17-26(27)31)35-29-20-23-12-8-7-11-22(23)19-28(29)34-30/h1-21H. The van der Waals surface area contributed by atoms with Crippen LogP contribution in [-0.4, -0.2) is 0 Å². The Kier molecular flexibility index (Phi) is 4.73. The van der Waals surface area contributed by atoms with E-state index in [2.05, 4.69) is 12.1 Å². The lowest BCUT2D eigenvalue weighted by atomic mass is 10.1. The van der Waals surface area contributed by atoms with Gasteiger partial charge in [-0.05, 0) is 34.4 Å². The van der Waals surface area contributed by atoms with Gasteiger partial charge in [0.2, 0.25) is 0 Å². The molecular weight excluding hydrogens is 463 g/mol. The highest BCUT2D eigenvalue weighted by Gasteiger charge is 2.34. The Morgan fingerprint density at radius 3 is 1.58 bits per heavy atom. The molecule has 4 heteroatoms. The predicted molar refractivity (Wildman–Crippen MR) is 147 cm³/mol. The Morgan fingerprint density at radius 1 is 0.472 bits per heavy atom. The molecule has 6 aromatic rings. The van der Waals surface area contributed by atoms with Crippen molar-refractivity contribution in [3.8, 4) is 23.0 Å². The molecule has 172 valence electrons. The lowest BCUT2D eigenvalue weighted by Crippen LogP contribution is -2.26. The molecule has 0 saturated carbocycles. The van der Waals surface area contributed by atoms with Crippen LogP contribution in [0, 0.1) is 0 Å². The van der Waals surface area contributed by atoms with Crippen molar-refractivity contribution >= 4 is 44.6 Å². The highest BCUT2D eigenvalue weighted by molar-refractivity contribution is 7.85. The van der Waals surface area contributed by atoms with E-state index in [4.69, 9.17) is 9.47 Å². The topological polar surface area (TPSA) is 35.5 Å². The molecule has 1 aliphatic rings. The molecule has 0 aliphatic carbocycles. The fraction of sp³-hybridized carbons (Fsp3) is 0. The van der Waals surface area contributed by atoms with Gasteiger partial charge in [-0.25, -0.2) is 0 Å². The molecule has 6 aromatic carbocycles. The van der Waals surface area contributed by atoms with Crippen LogP contribution in [0.2, 0.25) is 0 Å². The summed E-state index contributed by atoms with van der Waals surface area (Å²) in [6.07, 6.45) is 0. The van der Waals surface area contributed by atoms with Gasteiger partial charge in [0.15, 0.2) is 30.1 Å². The average Bonchev–Trinajstić information content (AvgIpc) is 2.95. The predicted octanol–water partition coefficient (Wildman–Crippen LogP) is 7.53. The Labute approximate surface area is 208 Å². The fourth-order valence-corrected chi connectivity index (χ4v) is 7.91. The first kappa shape index (κ1) is 21.0. The van der Waals surface area contributed by atoms with Gasteiger partial charge in [-0.1, -0.05) is 109 Å². The van der Waals surface area contributed by atoms with Gasteiger partial charge in [-0.3, -0.25) is 0 Å². The minimum atomic E-state index is -3.23. The third-order valence-electron chi connectivity index (χ3n) is 6.76. The van der Waals surface area contributed by atoms with Crippen molar-refractivity contribution in [2.75, 3.05) is 0 Å².